The molecule has 1 saturated heterocycles. The number of rotatable bonds is 9. The van der Waals surface area contributed by atoms with Gasteiger partial charge in [0.05, 0.1) is 12.8 Å². The van der Waals surface area contributed by atoms with E-state index in [4.69, 9.17) is 4.74 Å². The molecule has 2 atom stereocenters. The minimum Gasteiger partial charge on any atom is -0.477 e. The third kappa shape index (κ3) is 4.91. The summed E-state index contributed by atoms with van der Waals surface area (Å²) >= 11 is 1.17. The summed E-state index contributed by atoms with van der Waals surface area (Å²) < 4.78 is 21.2. The van der Waals surface area contributed by atoms with Gasteiger partial charge in [-0.1, -0.05) is 13.0 Å². The fraction of sp³-hybridized carbons (Fsp3) is 0.450. The molecular formula is C20H25N2O6PS. The maximum Gasteiger partial charge on any atom is 0.345 e. The molecule has 1 aromatic heterocycles. The minimum atomic E-state index is -3.46. The molecule has 0 spiro atoms. The van der Waals surface area contributed by atoms with Crippen LogP contribution in [0.3, 0.4) is 0 Å². The standard InChI is InChI=1S/C20H25N2O6PS/c1-3-9-28-20(26)13(2)21-29(27,22-8-4-5-18(22)23)12-14-6-7-16-15(10-14)11-17(30-16)19(24)25/h6-7,10-11,13H,3-5,8-9,12H2,1-2H3,(H,21,27)(H,24,25). The van der Waals surface area contributed by atoms with Crippen molar-refractivity contribution in [2.75, 3.05) is 13.2 Å². The summed E-state index contributed by atoms with van der Waals surface area (Å²) in [7, 11) is -3.46. The van der Waals surface area contributed by atoms with Crippen molar-refractivity contribution in [1.82, 2.24) is 9.76 Å². The van der Waals surface area contributed by atoms with Crippen molar-refractivity contribution in [3.63, 3.8) is 0 Å². The molecule has 0 saturated carbocycles. The first kappa shape index (κ1) is 22.5. The van der Waals surface area contributed by atoms with Gasteiger partial charge in [0, 0.05) is 17.7 Å². The van der Waals surface area contributed by atoms with Gasteiger partial charge in [-0.2, -0.15) is 0 Å². The second-order valence-corrected chi connectivity index (χ2v) is 10.8. The number of benzene rings is 1. The second-order valence-electron chi connectivity index (χ2n) is 7.29. The number of hydrogen-bond donors (Lipinski definition) is 2. The van der Waals surface area contributed by atoms with Crippen LogP contribution in [0.5, 0.6) is 0 Å². The fourth-order valence-corrected chi connectivity index (χ4v) is 7.01. The van der Waals surface area contributed by atoms with Crippen LogP contribution in [0.15, 0.2) is 24.3 Å². The molecule has 2 unspecified atom stereocenters. The second kappa shape index (κ2) is 9.29. The van der Waals surface area contributed by atoms with Crippen LogP contribution < -0.4 is 5.09 Å². The zero-order valence-electron chi connectivity index (χ0n) is 16.9. The maximum atomic E-state index is 13.9. The summed E-state index contributed by atoms with van der Waals surface area (Å²) in [6.07, 6.45) is 1.66. The van der Waals surface area contributed by atoms with Gasteiger partial charge in [0.15, 0.2) is 0 Å². The van der Waals surface area contributed by atoms with Crippen LogP contribution in [0, 0.1) is 0 Å². The number of ether oxygens (including phenoxy) is 1. The Labute approximate surface area is 178 Å². The van der Waals surface area contributed by atoms with E-state index in [0.29, 0.717) is 31.4 Å². The van der Waals surface area contributed by atoms with Gasteiger partial charge in [0.2, 0.25) is 13.4 Å². The predicted octanol–water partition coefficient (Wildman–Crippen LogP) is 3.85. The topological polar surface area (TPSA) is 113 Å². The lowest BCUT2D eigenvalue weighted by atomic mass is 10.2. The van der Waals surface area contributed by atoms with Crippen molar-refractivity contribution < 1.29 is 28.8 Å². The Morgan fingerprint density at radius 3 is 2.77 bits per heavy atom. The van der Waals surface area contributed by atoms with Crippen LogP contribution in [-0.2, 0) is 25.1 Å². The van der Waals surface area contributed by atoms with Crippen molar-refractivity contribution in [3.05, 3.63) is 34.7 Å². The molecule has 0 aliphatic carbocycles. The summed E-state index contributed by atoms with van der Waals surface area (Å²) in [6.45, 7) is 4.10. The molecule has 2 aromatic rings. The number of carbonyl (C=O) groups excluding carboxylic acids is 2. The largest absolute Gasteiger partial charge is 0.477 e. The van der Waals surface area contributed by atoms with Gasteiger partial charge in [-0.25, -0.2) is 9.88 Å². The number of hydrogen-bond acceptors (Lipinski definition) is 6. The molecule has 1 aliphatic rings. The van der Waals surface area contributed by atoms with Gasteiger partial charge < -0.3 is 9.84 Å². The smallest absolute Gasteiger partial charge is 0.345 e. The number of carbonyl (C=O) groups is 3. The van der Waals surface area contributed by atoms with Gasteiger partial charge >= 0.3 is 11.9 Å². The first-order chi connectivity index (χ1) is 14.2. The molecule has 1 aromatic carbocycles. The van der Waals surface area contributed by atoms with Crippen LogP contribution in [-0.4, -0.2) is 46.8 Å². The van der Waals surface area contributed by atoms with Crippen LogP contribution in [0.2, 0.25) is 0 Å². The minimum absolute atomic E-state index is 0.0400. The number of aromatic carboxylic acids is 1. The van der Waals surface area contributed by atoms with Gasteiger partial charge in [-0.05, 0) is 48.9 Å². The average Bonchev–Trinajstić information content (AvgIpc) is 3.32. The highest BCUT2D eigenvalue weighted by atomic mass is 32.1. The third-order valence-electron chi connectivity index (χ3n) is 4.82. The first-order valence-corrected chi connectivity index (χ1v) is 12.5. The van der Waals surface area contributed by atoms with E-state index in [1.807, 2.05) is 6.92 Å². The Balaban J connectivity index is 1.87. The van der Waals surface area contributed by atoms with E-state index in [0.717, 1.165) is 10.1 Å². The first-order valence-electron chi connectivity index (χ1n) is 9.83. The number of carboxylic acids is 1. The molecule has 2 heterocycles. The van der Waals surface area contributed by atoms with Crippen LogP contribution in [0.4, 0.5) is 0 Å². The lowest BCUT2D eigenvalue weighted by Crippen LogP contribution is -2.39. The Kier molecular flexibility index (Phi) is 6.95. The maximum absolute atomic E-state index is 13.9. The van der Waals surface area contributed by atoms with Crippen molar-refractivity contribution in [2.24, 2.45) is 0 Å². The van der Waals surface area contributed by atoms with E-state index < -0.39 is 25.4 Å². The molecule has 8 nitrogen and oxygen atoms in total. The van der Waals surface area contributed by atoms with Gasteiger partial charge in [0.1, 0.15) is 10.9 Å². The Bertz CT molecular complexity index is 1020. The van der Waals surface area contributed by atoms with E-state index in [1.54, 1.807) is 31.2 Å². The van der Waals surface area contributed by atoms with Crippen molar-refractivity contribution >= 4 is 46.7 Å². The summed E-state index contributed by atoms with van der Waals surface area (Å²) in [4.78, 5) is 36.0. The molecule has 1 amide bonds. The quantitative estimate of drug-likeness (QED) is 0.439. The molecule has 10 heteroatoms. The van der Waals surface area contributed by atoms with Crippen molar-refractivity contribution in [3.8, 4) is 0 Å². The van der Waals surface area contributed by atoms with E-state index in [2.05, 4.69) is 5.09 Å². The molecule has 30 heavy (non-hydrogen) atoms. The number of carboxylic acid groups (broad SMARTS) is 1. The third-order valence-corrected chi connectivity index (χ3v) is 8.72. The molecule has 1 aliphatic heterocycles. The lowest BCUT2D eigenvalue weighted by Gasteiger charge is -2.31. The Morgan fingerprint density at radius 1 is 1.37 bits per heavy atom. The van der Waals surface area contributed by atoms with Crippen LogP contribution in [0.1, 0.15) is 48.3 Å². The van der Waals surface area contributed by atoms with E-state index in [9.17, 15) is 24.1 Å². The Morgan fingerprint density at radius 2 is 2.13 bits per heavy atom. The molecule has 162 valence electrons. The lowest BCUT2D eigenvalue weighted by molar-refractivity contribution is -0.145. The number of nitrogens with one attached hydrogen (secondary N) is 1. The van der Waals surface area contributed by atoms with Gasteiger partial charge in [-0.15, -0.1) is 11.3 Å². The zero-order valence-corrected chi connectivity index (χ0v) is 18.6. The summed E-state index contributed by atoms with van der Waals surface area (Å²) in [5, 5.41) is 12.8. The summed E-state index contributed by atoms with van der Waals surface area (Å²) in [5.74, 6) is -1.71. The van der Waals surface area contributed by atoms with Crippen LogP contribution in [0.25, 0.3) is 10.1 Å². The summed E-state index contributed by atoms with van der Waals surface area (Å²) in [6, 6.07) is 6.10. The zero-order chi connectivity index (χ0) is 21.9. The molecule has 0 bridgehead atoms. The average molecular weight is 452 g/mol. The summed E-state index contributed by atoms with van der Waals surface area (Å²) in [5.41, 5.74) is 0.696. The van der Waals surface area contributed by atoms with E-state index in [-0.39, 0.29) is 23.6 Å². The van der Waals surface area contributed by atoms with Gasteiger partial charge in [0.25, 0.3) is 0 Å². The number of fused-ring (bicyclic) bond motifs is 1. The fourth-order valence-electron chi connectivity index (χ4n) is 3.40. The number of thiophene rings is 1. The SMILES string of the molecule is CCCOC(=O)C(C)NP(=O)(Cc1ccc2sc(C(=O)O)cc2c1)N1CCCC1=O. The normalized spacial score (nSPS) is 17.1. The monoisotopic (exact) mass is 452 g/mol. The molecule has 2 N–H and O–H groups in total. The molecule has 1 fully saturated rings. The highest BCUT2D eigenvalue weighted by Crippen LogP contribution is 2.51. The van der Waals surface area contributed by atoms with E-state index in [1.165, 1.54) is 16.0 Å². The molecule has 3 rings (SSSR count). The Hall–Kier alpha value is -2.22. The highest BCUT2D eigenvalue weighted by Gasteiger charge is 2.39. The van der Waals surface area contributed by atoms with Gasteiger partial charge in [-0.3, -0.25) is 18.8 Å². The molecular weight excluding hydrogens is 427 g/mol. The highest BCUT2D eigenvalue weighted by molar-refractivity contribution is 7.59. The van der Waals surface area contributed by atoms with Crippen molar-refractivity contribution in [1.29, 1.82) is 0 Å². The van der Waals surface area contributed by atoms with E-state index >= 15 is 0 Å². The predicted molar refractivity (Wildman–Crippen MR) is 115 cm³/mol. The van der Waals surface area contributed by atoms with Crippen molar-refractivity contribution in [2.45, 2.75) is 45.3 Å². The van der Waals surface area contributed by atoms with Crippen LogP contribution >= 0.6 is 18.8 Å². The number of esters is 1. The number of nitrogens with zero attached hydrogens (tertiary/aromatic N) is 1. The molecule has 0 radical (unpaired) electrons. The number of amides is 1.